The molecule has 1 atom stereocenters. The molecule has 21 heavy (non-hydrogen) atoms. The molecule has 0 saturated carbocycles. The average Bonchev–Trinajstić information content (AvgIpc) is 3.09. The molecule has 0 spiro atoms. The molecule has 1 fully saturated rings. The van der Waals surface area contributed by atoms with Gasteiger partial charge >= 0.3 is 0 Å². The molecule has 3 rings (SSSR count). The maximum absolute atomic E-state index is 5.80. The normalized spacial score (nSPS) is 20.2. The van der Waals surface area contributed by atoms with E-state index in [4.69, 9.17) is 9.47 Å². The molecule has 1 unspecified atom stereocenters. The van der Waals surface area contributed by atoms with Gasteiger partial charge < -0.3 is 14.8 Å². The number of aromatic nitrogens is 2. The van der Waals surface area contributed by atoms with Gasteiger partial charge in [0.1, 0.15) is 5.69 Å². The predicted molar refractivity (Wildman–Crippen MR) is 83.2 cm³/mol. The quantitative estimate of drug-likeness (QED) is 0.869. The SMILES string of the molecule is CCN1CCOC(CNCc2c(OC)nc3sccn23)C1. The van der Waals surface area contributed by atoms with Gasteiger partial charge in [-0.25, -0.2) is 0 Å². The number of fused-ring (bicyclic) bond motifs is 1. The van der Waals surface area contributed by atoms with Crippen molar-refractivity contribution in [1.82, 2.24) is 19.6 Å². The van der Waals surface area contributed by atoms with Crippen molar-refractivity contribution in [3.63, 3.8) is 0 Å². The van der Waals surface area contributed by atoms with Crippen molar-refractivity contribution in [1.29, 1.82) is 0 Å². The van der Waals surface area contributed by atoms with Crippen LogP contribution >= 0.6 is 11.3 Å². The minimum Gasteiger partial charge on any atom is -0.480 e. The van der Waals surface area contributed by atoms with E-state index in [2.05, 4.69) is 26.5 Å². The van der Waals surface area contributed by atoms with Crippen LogP contribution in [-0.4, -0.2) is 60.3 Å². The summed E-state index contributed by atoms with van der Waals surface area (Å²) in [4.78, 5) is 7.85. The highest BCUT2D eigenvalue weighted by atomic mass is 32.1. The largest absolute Gasteiger partial charge is 0.480 e. The Kier molecular flexibility index (Phi) is 4.74. The predicted octanol–water partition coefficient (Wildman–Crippen LogP) is 1.21. The number of methoxy groups -OCH3 is 1. The fraction of sp³-hybridized carbons (Fsp3) is 0.643. The van der Waals surface area contributed by atoms with Crippen molar-refractivity contribution >= 4 is 16.3 Å². The fourth-order valence-electron chi connectivity index (χ4n) is 2.68. The molecule has 0 amide bonds. The summed E-state index contributed by atoms with van der Waals surface area (Å²) in [7, 11) is 1.67. The van der Waals surface area contributed by atoms with Crippen LogP contribution in [0.2, 0.25) is 0 Å². The van der Waals surface area contributed by atoms with Crippen molar-refractivity contribution < 1.29 is 9.47 Å². The van der Waals surface area contributed by atoms with E-state index in [9.17, 15) is 0 Å². The molecule has 0 aromatic carbocycles. The molecular weight excluding hydrogens is 288 g/mol. The maximum atomic E-state index is 5.80. The summed E-state index contributed by atoms with van der Waals surface area (Å²) >= 11 is 1.62. The van der Waals surface area contributed by atoms with Gasteiger partial charge in [0.25, 0.3) is 0 Å². The average molecular weight is 310 g/mol. The number of hydrogen-bond donors (Lipinski definition) is 1. The number of morpholine rings is 1. The summed E-state index contributed by atoms with van der Waals surface area (Å²) in [6.07, 6.45) is 2.29. The van der Waals surface area contributed by atoms with Crippen molar-refractivity contribution in [2.75, 3.05) is 39.9 Å². The van der Waals surface area contributed by atoms with E-state index in [1.54, 1.807) is 18.4 Å². The van der Waals surface area contributed by atoms with Crippen LogP contribution in [-0.2, 0) is 11.3 Å². The third-order valence-electron chi connectivity index (χ3n) is 3.85. The number of hydrogen-bond acceptors (Lipinski definition) is 6. The van der Waals surface area contributed by atoms with Crippen molar-refractivity contribution in [2.24, 2.45) is 0 Å². The third-order valence-corrected chi connectivity index (χ3v) is 4.61. The lowest BCUT2D eigenvalue weighted by molar-refractivity contribution is -0.0254. The van der Waals surface area contributed by atoms with Crippen LogP contribution in [0.15, 0.2) is 11.6 Å². The number of thiazole rings is 1. The highest BCUT2D eigenvalue weighted by Crippen LogP contribution is 2.22. The summed E-state index contributed by atoms with van der Waals surface area (Å²) in [5.74, 6) is 0.703. The van der Waals surface area contributed by atoms with Gasteiger partial charge in [0, 0.05) is 37.8 Å². The molecule has 1 aliphatic heterocycles. The summed E-state index contributed by atoms with van der Waals surface area (Å²) in [5, 5.41) is 5.51. The van der Waals surface area contributed by atoms with E-state index < -0.39 is 0 Å². The molecule has 7 heteroatoms. The first kappa shape index (κ1) is 14.8. The lowest BCUT2D eigenvalue weighted by Gasteiger charge is -2.32. The van der Waals surface area contributed by atoms with Gasteiger partial charge in [-0.3, -0.25) is 9.30 Å². The first-order valence-electron chi connectivity index (χ1n) is 7.35. The topological polar surface area (TPSA) is 51.0 Å². The van der Waals surface area contributed by atoms with Gasteiger partial charge in [-0.15, -0.1) is 11.3 Å². The molecule has 1 saturated heterocycles. The number of likely N-dealkylation sites (N-methyl/N-ethyl adjacent to an activating group) is 1. The minimum absolute atomic E-state index is 0.260. The molecule has 0 aliphatic carbocycles. The Morgan fingerprint density at radius 2 is 2.48 bits per heavy atom. The Labute approximate surface area is 128 Å². The number of rotatable bonds is 6. The molecule has 116 valence electrons. The van der Waals surface area contributed by atoms with Crippen LogP contribution in [0.3, 0.4) is 0 Å². The standard InChI is InChI=1S/C14H22N4O2S/c1-3-17-4-6-20-11(10-17)8-15-9-12-13(19-2)16-14-18(12)5-7-21-14/h5,7,11,15H,3-4,6,8-10H2,1-2H3. The lowest BCUT2D eigenvalue weighted by atomic mass is 10.2. The highest BCUT2D eigenvalue weighted by Gasteiger charge is 2.19. The Morgan fingerprint density at radius 3 is 3.29 bits per heavy atom. The Hall–Kier alpha value is -1.15. The van der Waals surface area contributed by atoms with Gasteiger partial charge in [0.05, 0.1) is 19.8 Å². The number of nitrogens with zero attached hydrogens (tertiary/aromatic N) is 3. The monoisotopic (exact) mass is 310 g/mol. The van der Waals surface area contributed by atoms with Crippen molar-refractivity contribution in [3.8, 4) is 5.88 Å². The first-order valence-corrected chi connectivity index (χ1v) is 8.23. The fourth-order valence-corrected chi connectivity index (χ4v) is 3.40. The molecule has 2 aromatic rings. The van der Waals surface area contributed by atoms with E-state index >= 15 is 0 Å². The Bertz CT molecular complexity index is 583. The highest BCUT2D eigenvalue weighted by molar-refractivity contribution is 7.15. The van der Waals surface area contributed by atoms with Gasteiger partial charge in [-0.2, -0.15) is 4.98 Å². The second kappa shape index (κ2) is 6.74. The van der Waals surface area contributed by atoms with Crippen LogP contribution in [0, 0.1) is 0 Å². The van der Waals surface area contributed by atoms with Crippen molar-refractivity contribution in [3.05, 3.63) is 17.3 Å². The van der Waals surface area contributed by atoms with Gasteiger partial charge in [-0.1, -0.05) is 6.92 Å². The lowest BCUT2D eigenvalue weighted by Crippen LogP contribution is -2.46. The Balaban J connectivity index is 1.57. The Morgan fingerprint density at radius 1 is 1.57 bits per heavy atom. The number of ether oxygens (including phenoxy) is 2. The van der Waals surface area contributed by atoms with E-state index in [0.717, 1.165) is 50.0 Å². The zero-order chi connectivity index (χ0) is 14.7. The molecule has 0 radical (unpaired) electrons. The van der Waals surface area contributed by atoms with E-state index in [1.807, 2.05) is 11.6 Å². The zero-order valence-corrected chi connectivity index (χ0v) is 13.4. The minimum atomic E-state index is 0.260. The zero-order valence-electron chi connectivity index (χ0n) is 12.5. The summed E-state index contributed by atoms with van der Waals surface area (Å²) in [6.45, 7) is 7.72. The third kappa shape index (κ3) is 3.21. The van der Waals surface area contributed by atoms with E-state index in [-0.39, 0.29) is 6.10 Å². The first-order chi connectivity index (χ1) is 10.3. The second-order valence-corrected chi connectivity index (χ2v) is 6.01. The number of imidazole rings is 1. The van der Waals surface area contributed by atoms with Gasteiger partial charge in [0.15, 0.2) is 4.96 Å². The van der Waals surface area contributed by atoms with E-state index in [0.29, 0.717) is 5.88 Å². The smallest absolute Gasteiger partial charge is 0.237 e. The second-order valence-electron chi connectivity index (χ2n) is 5.14. The molecule has 6 nitrogen and oxygen atoms in total. The summed E-state index contributed by atoms with van der Waals surface area (Å²) in [6, 6.07) is 0. The van der Waals surface area contributed by atoms with Crippen LogP contribution in [0.4, 0.5) is 0 Å². The molecule has 1 N–H and O–H groups in total. The van der Waals surface area contributed by atoms with E-state index in [1.165, 1.54) is 0 Å². The molecular formula is C14H22N4O2S. The molecule has 2 aromatic heterocycles. The van der Waals surface area contributed by atoms with Crippen LogP contribution in [0.1, 0.15) is 12.6 Å². The summed E-state index contributed by atoms with van der Waals surface area (Å²) in [5.41, 5.74) is 1.07. The van der Waals surface area contributed by atoms with Gasteiger partial charge in [-0.05, 0) is 6.54 Å². The molecule has 1 aliphatic rings. The van der Waals surface area contributed by atoms with Gasteiger partial charge in [0.2, 0.25) is 5.88 Å². The number of nitrogens with one attached hydrogen (secondary N) is 1. The van der Waals surface area contributed by atoms with Crippen molar-refractivity contribution in [2.45, 2.75) is 19.6 Å². The molecule has 0 bridgehead atoms. The molecule has 3 heterocycles. The van der Waals surface area contributed by atoms with Crippen LogP contribution in [0.25, 0.3) is 4.96 Å². The maximum Gasteiger partial charge on any atom is 0.237 e. The van der Waals surface area contributed by atoms with Crippen LogP contribution in [0.5, 0.6) is 5.88 Å². The summed E-state index contributed by atoms with van der Waals surface area (Å²) < 4.78 is 13.2. The van der Waals surface area contributed by atoms with Crippen LogP contribution < -0.4 is 10.1 Å².